The number of aromatic nitrogens is 1. The van der Waals surface area contributed by atoms with Gasteiger partial charge in [0.05, 0.1) is 0 Å². The third kappa shape index (κ3) is 4.11. The summed E-state index contributed by atoms with van der Waals surface area (Å²) < 4.78 is 18.5. The van der Waals surface area contributed by atoms with Crippen molar-refractivity contribution in [3.8, 4) is 5.75 Å². The fourth-order valence-electron chi connectivity index (χ4n) is 3.36. The zero-order valence-electron chi connectivity index (χ0n) is 15.0. The molecule has 27 heavy (non-hydrogen) atoms. The molecule has 140 valence electrons. The van der Waals surface area contributed by atoms with Gasteiger partial charge in [0.15, 0.2) is 0 Å². The summed E-state index contributed by atoms with van der Waals surface area (Å²) in [6, 6.07) is 15.9. The van der Waals surface area contributed by atoms with Crippen LogP contribution in [0.1, 0.15) is 10.5 Å². The molecule has 4 rings (SSSR count). The van der Waals surface area contributed by atoms with E-state index in [0.29, 0.717) is 31.1 Å². The van der Waals surface area contributed by atoms with Gasteiger partial charge in [-0.1, -0.05) is 18.2 Å². The predicted octanol–water partition coefficient (Wildman–Crippen LogP) is 3.14. The second-order valence-corrected chi connectivity index (χ2v) is 6.71. The molecule has 6 heteroatoms. The minimum absolute atomic E-state index is 0.0495. The van der Waals surface area contributed by atoms with E-state index in [-0.39, 0.29) is 11.7 Å². The fourth-order valence-corrected chi connectivity index (χ4v) is 3.36. The van der Waals surface area contributed by atoms with Crippen molar-refractivity contribution in [1.29, 1.82) is 0 Å². The first-order chi connectivity index (χ1) is 13.2. The maximum atomic E-state index is 12.9. The molecule has 0 atom stereocenters. The second kappa shape index (κ2) is 7.80. The van der Waals surface area contributed by atoms with Crippen LogP contribution in [0.2, 0.25) is 0 Å². The Balaban J connectivity index is 1.25. The van der Waals surface area contributed by atoms with Crippen LogP contribution in [0, 0.1) is 5.82 Å². The first-order valence-electron chi connectivity index (χ1n) is 9.17. The summed E-state index contributed by atoms with van der Waals surface area (Å²) in [7, 11) is 0. The van der Waals surface area contributed by atoms with Crippen LogP contribution in [-0.2, 0) is 0 Å². The van der Waals surface area contributed by atoms with Crippen molar-refractivity contribution < 1.29 is 13.9 Å². The molecule has 3 aromatic rings. The van der Waals surface area contributed by atoms with E-state index in [0.717, 1.165) is 30.5 Å². The van der Waals surface area contributed by atoms with E-state index in [9.17, 15) is 9.18 Å². The fraction of sp³-hybridized carbons (Fsp3) is 0.286. The van der Waals surface area contributed by atoms with E-state index < -0.39 is 0 Å². The molecule has 0 spiro atoms. The number of H-pyrrole nitrogens is 1. The van der Waals surface area contributed by atoms with Gasteiger partial charge in [-0.2, -0.15) is 0 Å². The Hall–Kier alpha value is -2.86. The van der Waals surface area contributed by atoms with Crippen LogP contribution in [0.5, 0.6) is 5.75 Å². The van der Waals surface area contributed by atoms with Crippen molar-refractivity contribution in [2.24, 2.45) is 0 Å². The first kappa shape index (κ1) is 17.5. The van der Waals surface area contributed by atoms with Gasteiger partial charge in [-0.3, -0.25) is 9.69 Å². The van der Waals surface area contributed by atoms with Crippen molar-refractivity contribution in [2.75, 3.05) is 39.3 Å². The van der Waals surface area contributed by atoms with Gasteiger partial charge in [0, 0.05) is 43.6 Å². The maximum Gasteiger partial charge on any atom is 0.270 e. The van der Waals surface area contributed by atoms with Crippen LogP contribution >= 0.6 is 0 Å². The quantitative estimate of drug-likeness (QED) is 0.754. The van der Waals surface area contributed by atoms with E-state index in [1.54, 1.807) is 12.1 Å². The molecule has 2 heterocycles. The van der Waals surface area contributed by atoms with Crippen LogP contribution < -0.4 is 4.74 Å². The average molecular weight is 367 g/mol. The molecular formula is C21H22FN3O2. The molecule has 0 radical (unpaired) electrons. The number of fused-ring (bicyclic) bond motifs is 1. The molecule has 0 bridgehead atoms. The van der Waals surface area contributed by atoms with E-state index in [1.165, 1.54) is 12.1 Å². The van der Waals surface area contributed by atoms with Gasteiger partial charge in [0.2, 0.25) is 0 Å². The van der Waals surface area contributed by atoms with Crippen LogP contribution in [0.4, 0.5) is 4.39 Å². The number of carbonyl (C=O) groups excluding carboxylic acids is 1. The van der Waals surface area contributed by atoms with Gasteiger partial charge in [-0.15, -0.1) is 0 Å². The Bertz CT molecular complexity index is 882. The monoisotopic (exact) mass is 367 g/mol. The van der Waals surface area contributed by atoms with Crippen molar-refractivity contribution in [1.82, 2.24) is 14.8 Å². The van der Waals surface area contributed by atoms with Crippen molar-refractivity contribution in [2.45, 2.75) is 0 Å². The SMILES string of the molecule is O=C(c1cc2ccccc2[nH]1)N1CCN(CCOc2ccc(F)cc2)CC1. The van der Waals surface area contributed by atoms with E-state index in [1.807, 2.05) is 35.2 Å². The van der Waals surface area contributed by atoms with Gasteiger partial charge in [-0.25, -0.2) is 4.39 Å². The molecule has 1 aliphatic heterocycles. The number of nitrogens with one attached hydrogen (secondary N) is 1. The molecule has 1 fully saturated rings. The highest BCUT2D eigenvalue weighted by molar-refractivity contribution is 5.98. The zero-order chi connectivity index (χ0) is 18.6. The highest BCUT2D eigenvalue weighted by Gasteiger charge is 2.23. The molecule has 0 aliphatic carbocycles. The summed E-state index contributed by atoms with van der Waals surface area (Å²) in [5.74, 6) is 0.454. The molecule has 1 aromatic heterocycles. The molecule has 1 aliphatic rings. The Labute approximate surface area is 157 Å². The van der Waals surface area contributed by atoms with Crippen LogP contribution in [0.25, 0.3) is 10.9 Å². The maximum absolute atomic E-state index is 12.9. The molecule has 1 N–H and O–H groups in total. The number of amides is 1. The van der Waals surface area contributed by atoms with Gasteiger partial charge < -0.3 is 14.6 Å². The highest BCUT2D eigenvalue weighted by Crippen LogP contribution is 2.17. The third-order valence-corrected chi connectivity index (χ3v) is 4.91. The van der Waals surface area contributed by atoms with E-state index >= 15 is 0 Å². The van der Waals surface area contributed by atoms with Gasteiger partial charge in [0.25, 0.3) is 5.91 Å². The minimum Gasteiger partial charge on any atom is -0.492 e. The second-order valence-electron chi connectivity index (χ2n) is 6.71. The summed E-state index contributed by atoms with van der Waals surface area (Å²) in [5, 5.41) is 1.05. The van der Waals surface area contributed by atoms with Gasteiger partial charge in [-0.05, 0) is 36.4 Å². The van der Waals surface area contributed by atoms with Crippen molar-refractivity contribution >= 4 is 16.8 Å². The van der Waals surface area contributed by atoms with E-state index in [2.05, 4.69) is 9.88 Å². The number of piperazine rings is 1. The molecule has 5 nitrogen and oxygen atoms in total. The molecule has 2 aromatic carbocycles. The molecular weight excluding hydrogens is 345 g/mol. The Morgan fingerprint density at radius 2 is 1.78 bits per heavy atom. The Morgan fingerprint density at radius 1 is 1.04 bits per heavy atom. The number of halogens is 1. The smallest absolute Gasteiger partial charge is 0.270 e. The van der Waals surface area contributed by atoms with Gasteiger partial charge in [0.1, 0.15) is 23.9 Å². The van der Waals surface area contributed by atoms with Crippen LogP contribution in [0.3, 0.4) is 0 Å². The lowest BCUT2D eigenvalue weighted by molar-refractivity contribution is 0.0615. The molecule has 1 amide bonds. The zero-order valence-corrected chi connectivity index (χ0v) is 15.0. The number of nitrogens with zero attached hydrogens (tertiary/aromatic N) is 2. The molecule has 0 saturated carbocycles. The predicted molar refractivity (Wildman–Crippen MR) is 103 cm³/mol. The number of para-hydroxylation sites is 1. The lowest BCUT2D eigenvalue weighted by Gasteiger charge is -2.34. The van der Waals surface area contributed by atoms with Gasteiger partial charge >= 0.3 is 0 Å². The third-order valence-electron chi connectivity index (χ3n) is 4.91. The average Bonchev–Trinajstić information content (AvgIpc) is 3.14. The van der Waals surface area contributed by atoms with E-state index in [4.69, 9.17) is 4.74 Å². The summed E-state index contributed by atoms with van der Waals surface area (Å²) in [4.78, 5) is 20.1. The number of benzene rings is 2. The Kier molecular flexibility index (Phi) is 5.07. The summed E-state index contributed by atoms with van der Waals surface area (Å²) in [5.41, 5.74) is 1.63. The van der Waals surface area contributed by atoms with Crippen molar-refractivity contribution in [3.05, 3.63) is 66.1 Å². The summed E-state index contributed by atoms with van der Waals surface area (Å²) >= 11 is 0. The number of rotatable bonds is 5. The largest absolute Gasteiger partial charge is 0.492 e. The number of ether oxygens (including phenoxy) is 1. The lowest BCUT2D eigenvalue weighted by Crippen LogP contribution is -2.49. The standard InChI is InChI=1S/C21H22FN3O2/c22-17-5-7-18(8-6-17)27-14-13-24-9-11-25(12-10-24)21(26)20-15-16-3-1-2-4-19(16)23-20/h1-8,15,23H,9-14H2. The number of hydrogen-bond acceptors (Lipinski definition) is 3. The normalized spacial score (nSPS) is 15.2. The minimum atomic E-state index is -0.266. The number of hydrogen-bond donors (Lipinski definition) is 1. The summed E-state index contributed by atoms with van der Waals surface area (Å²) in [6.45, 7) is 4.36. The number of aromatic amines is 1. The summed E-state index contributed by atoms with van der Waals surface area (Å²) in [6.07, 6.45) is 0. The Morgan fingerprint density at radius 3 is 2.52 bits per heavy atom. The number of carbonyl (C=O) groups is 1. The lowest BCUT2D eigenvalue weighted by atomic mass is 10.2. The molecule has 0 unspecified atom stereocenters. The van der Waals surface area contributed by atoms with Crippen LogP contribution in [-0.4, -0.2) is 60.0 Å². The van der Waals surface area contributed by atoms with Crippen LogP contribution in [0.15, 0.2) is 54.6 Å². The molecule has 1 saturated heterocycles. The highest BCUT2D eigenvalue weighted by atomic mass is 19.1. The first-order valence-corrected chi connectivity index (χ1v) is 9.17. The topological polar surface area (TPSA) is 48.6 Å². The van der Waals surface area contributed by atoms with Crippen molar-refractivity contribution in [3.63, 3.8) is 0 Å².